The van der Waals surface area contributed by atoms with Crippen molar-refractivity contribution in [3.8, 4) is 0 Å². The smallest absolute Gasteiger partial charge is 0.404 e. The van der Waals surface area contributed by atoms with Crippen LogP contribution in [0.5, 0.6) is 0 Å². The normalized spacial score (nSPS) is 20.1. The third-order valence-corrected chi connectivity index (χ3v) is 1.75. The first kappa shape index (κ1) is 7.38. The zero-order valence-electron chi connectivity index (χ0n) is 6.13. The Morgan fingerprint density at radius 2 is 2.40 bits per heavy atom. The Balaban J connectivity index is 2.07. The molecule has 3 nitrogen and oxygen atoms in total. The van der Waals surface area contributed by atoms with Gasteiger partial charge in [0.15, 0.2) is 0 Å². The molecule has 0 saturated heterocycles. The van der Waals surface area contributed by atoms with E-state index in [9.17, 15) is 4.79 Å². The second-order valence-corrected chi connectivity index (χ2v) is 3.03. The van der Waals surface area contributed by atoms with Crippen LogP contribution in [-0.4, -0.2) is 17.2 Å². The van der Waals surface area contributed by atoms with Crippen LogP contribution in [0.1, 0.15) is 26.2 Å². The van der Waals surface area contributed by atoms with Gasteiger partial charge in [-0.25, -0.2) is 4.79 Å². The molecule has 1 saturated carbocycles. The fourth-order valence-electron chi connectivity index (χ4n) is 1.12. The van der Waals surface area contributed by atoms with E-state index < -0.39 is 6.09 Å². The molecule has 1 fully saturated rings. The molecule has 1 aliphatic carbocycles. The molecule has 2 N–H and O–H groups in total. The van der Waals surface area contributed by atoms with Crippen molar-refractivity contribution < 1.29 is 9.90 Å². The molecular formula is C7H13NO2. The Morgan fingerprint density at radius 3 is 2.80 bits per heavy atom. The highest BCUT2D eigenvalue weighted by molar-refractivity contribution is 5.64. The molecule has 0 aliphatic heterocycles. The average molecular weight is 143 g/mol. The molecule has 0 aromatic heterocycles. The van der Waals surface area contributed by atoms with Crippen LogP contribution in [0.25, 0.3) is 0 Å². The second kappa shape index (κ2) is 2.90. The van der Waals surface area contributed by atoms with Gasteiger partial charge in [0, 0.05) is 6.04 Å². The van der Waals surface area contributed by atoms with Crippen molar-refractivity contribution in [3.63, 3.8) is 0 Å². The molecule has 1 unspecified atom stereocenters. The lowest BCUT2D eigenvalue weighted by Crippen LogP contribution is -2.31. The second-order valence-electron chi connectivity index (χ2n) is 3.03. The summed E-state index contributed by atoms with van der Waals surface area (Å²) >= 11 is 0. The van der Waals surface area contributed by atoms with Gasteiger partial charge in [0.25, 0.3) is 0 Å². The Bertz CT molecular complexity index is 132. The maximum Gasteiger partial charge on any atom is 0.404 e. The van der Waals surface area contributed by atoms with E-state index in [1.165, 1.54) is 12.8 Å². The lowest BCUT2D eigenvalue weighted by molar-refractivity contribution is 0.190. The number of carboxylic acid groups (broad SMARTS) is 1. The number of nitrogens with one attached hydrogen (secondary N) is 1. The van der Waals surface area contributed by atoms with Crippen LogP contribution in [0.15, 0.2) is 0 Å². The largest absolute Gasteiger partial charge is 0.465 e. The molecule has 1 rings (SSSR count). The van der Waals surface area contributed by atoms with E-state index in [0.717, 1.165) is 12.3 Å². The first-order chi connectivity index (χ1) is 4.68. The van der Waals surface area contributed by atoms with E-state index in [2.05, 4.69) is 5.32 Å². The summed E-state index contributed by atoms with van der Waals surface area (Å²) in [5.74, 6) is 0.793. The van der Waals surface area contributed by atoms with Gasteiger partial charge in [-0.05, 0) is 19.3 Å². The first-order valence-corrected chi connectivity index (χ1v) is 3.68. The number of amides is 1. The number of hydrogen-bond donors (Lipinski definition) is 2. The van der Waals surface area contributed by atoms with Crippen LogP contribution in [0.2, 0.25) is 0 Å². The third kappa shape index (κ3) is 2.71. The van der Waals surface area contributed by atoms with Crippen LogP contribution >= 0.6 is 0 Å². The Morgan fingerprint density at radius 1 is 1.80 bits per heavy atom. The molecular weight excluding hydrogens is 130 g/mol. The molecule has 0 bridgehead atoms. The average Bonchev–Trinajstić information content (AvgIpc) is 2.46. The number of carbonyl (C=O) groups is 1. The van der Waals surface area contributed by atoms with Crippen molar-refractivity contribution in [2.45, 2.75) is 32.2 Å². The maximum absolute atomic E-state index is 10.1. The van der Waals surface area contributed by atoms with Gasteiger partial charge in [-0.15, -0.1) is 0 Å². The lowest BCUT2D eigenvalue weighted by atomic mass is 10.2. The predicted molar refractivity (Wildman–Crippen MR) is 38.0 cm³/mol. The highest BCUT2D eigenvalue weighted by Gasteiger charge is 2.23. The minimum Gasteiger partial charge on any atom is -0.465 e. The van der Waals surface area contributed by atoms with Gasteiger partial charge in [-0.3, -0.25) is 0 Å². The van der Waals surface area contributed by atoms with Crippen LogP contribution in [0.4, 0.5) is 4.79 Å². The molecule has 0 radical (unpaired) electrons. The van der Waals surface area contributed by atoms with Crippen LogP contribution in [0, 0.1) is 5.92 Å². The van der Waals surface area contributed by atoms with Gasteiger partial charge >= 0.3 is 6.09 Å². The van der Waals surface area contributed by atoms with E-state index in [0.29, 0.717) is 0 Å². The summed E-state index contributed by atoms with van der Waals surface area (Å²) in [6.07, 6.45) is 2.66. The molecule has 1 amide bonds. The van der Waals surface area contributed by atoms with Crippen molar-refractivity contribution in [2.24, 2.45) is 5.92 Å². The zero-order chi connectivity index (χ0) is 7.56. The van der Waals surface area contributed by atoms with Gasteiger partial charge in [-0.2, -0.15) is 0 Å². The summed E-state index contributed by atoms with van der Waals surface area (Å²) < 4.78 is 0. The van der Waals surface area contributed by atoms with Crippen molar-refractivity contribution in [1.82, 2.24) is 5.32 Å². The highest BCUT2D eigenvalue weighted by atomic mass is 16.4. The fraction of sp³-hybridized carbons (Fsp3) is 0.857. The van der Waals surface area contributed by atoms with Gasteiger partial charge in [0.2, 0.25) is 0 Å². The summed E-state index contributed by atoms with van der Waals surface area (Å²) in [6.45, 7) is 1.91. The summed E-state index contributed by atoms with van der Waals surface area (Å²) in [6, 6.07) is 0.130. The minimum absolute atomic E-state index is 0.130. The van der Waals surface area contributed by atoms with Gasteiger partial charge in [0.1, 0.15) is 0 Å². The van der Waals surface area contributed by atoms with Crippen molar-refractivity contribution in [2.75, 3.05) is 0 Å². The molecule has 10 heavy (non-hydrogen) atoms. The van der Waals surface area contributed by atoms with Gasteiger partial charge < -0.3 is 10.4 Å². The van der Waals surface area contributed by atoms with Crippen LogP contribution < -0.4 is 5.32 Å². The molecule has 58 valence electrons. The Labute approximate surface area is 60.4 Å². The SMILES string of the molecule is CC(CC1CC1)NC(=O)O. The molecule has 0 heterocycles. The van der Waals surface area contributed by atoms with Gasteiger partial charge in [-0.1, -0.05) is 12.8 Å². The topological polar surface area (TPSA) is 49.3 Å². The van der Waals surface area contributed by atoms with E-state index in [4.69, 9.17) is 5.11 Å². The molecule has 0 aromatic rings. The summed E-state index contributed by atoms with van der Waals surface area (Å²) in [7, 11) is 0. The van der Waals surface area contributed by atoms with Gasteiger partial charge in [0.05, 0.1) is 0 Å². The molecule has 0 spiro atoms. The maximum atomic E-state index is 10.1. The zero-order valence-corrected chi connectivity index (χ0v) is 6.13. The molecule has 1 aliphatic rings. The molecule has 1 atom stereocenters. The number of hydrogen-bond acceptors (Lipinski definition) is 1. The van der Waals surface area contributed by atoms with Crippen molar-refractivity contribution in [3.05, 3.63) is 0 Å². The summed E-state index contributed by atoms with van der Waals surface area (Å²) in [5.41, 5.74) is 0. The van der Waals surface area contributed by atoms with Crippen molar-refractivity contribution >= 4 is 6.09 Å². The Hall–Kier alpha value is -0.730. The fourth-order valence-corrected chi connectivity index (χ4v) is 1.12. The third-order valence-electron chi connectivity index (χ3n) is 1.75. The predicted octanol–water partition coefficient (Wildman–Crippen LogP) is 1.44. The van der Waals surface area contributed by atoms with Crippen molar-refractivity contribution in [1.29, 1.82) is 0 Å². The van der Waals surface area contributed by atoms with E-state index in [-0.39, 0.29) is 6.04 Å². The lowest BCUT2D eigenvalue weighted by Gasteiger charge is -2.08. The van der Waals surface area contributed by atoms with E-state index in [1.807, 2.05) is 6.92 Å². The van der Waals surface area contributed by atoms with Crippen LogP contribution in [-0.2, 0) is 0 Å². The van der Waals surface area contributed by atoms with Crippen LogP contribution in [0.3, 0.4) is 0 Å². The standard InChI is InChI=1S/C7H13NO2/c1-5(8-7(9)10)4-6-2-3-6/h5-6,8H,2-4H2,1H3,(H,9,10). The monoisotopic (exact) mass is 143 g/mol. The summed E-state index contributed by atoms with van der Waals surface area (Å²) in [4.78, 5) is 10.1. The first-order valence-electron chi connectivity index (χ1n) is 3.68. The minimum atomic E-state index is -0.909. The number of rotatable bonds is 3. The molecule has 3 heteroatoms. The molecule has 0 aromatic carbocycles. The van der Waals surface area contributed by atoms with E-state index >= 15 is 0 Å². The Kier molecular flexibility index (Phi) is 2.14. The van der Waals surface area contributed by atoms with E-state index in [1.54, 1.807) is 0 Å². The summed E-state index contributed by atoms with van der Waals surface area (Å²) in [5, 5.41) is 10.7. The highest BCUT2D eigenvalue weighted by Crippen LogP contribution is 2.33. The quantitative estimate of drug-likeness (QED) is 0.628.